The van der Waals surface area contributed by atoms with Crippen LogP contribution in [-0.4, -0.2) is 54.9 Å². The topological polar surface area (TPSA) is 151 Å². The molecule has 9 heteroatoms. The maximum absolute atomic E-state index is 11.6. The highest BCUT2D eigenvalue weighted by atomic mass is 16.6. The molecule has 0 aliphatic carbocycles. The highest BCUT2D eigenvalue weighted by Crippen LogP contribution is 2.29. The van der Waals surface area contributed by atoms with Gasteiger partial charge in [0.2, 0.25) is 0 Å². The number of hydrogen-bond acceptors (Lipinski definition) is 8. The standard InChI is InChI=1S/C9H13N3O6/c10-7-3(14)1-12(9(17)11-7)8-6(16)5(15)4(2-13)18-8/h1,4-6,8,13-16H,2H2,(H2,10,11,17)/t4-,5-,6-,8?/m1/s1. The van der Waals surface area contributed by atoms with E-state index in [0.717, 1.165) is 10.8 Å². The molecule has 18 heavy (non-hydrogen) atoms. The third-order valence-corrected chi connectivity index (χ3v) is 2.75. The molecule has 4 atom stereocenters. The van der Waals surface area contributed by atoms with Crippen LogP contribution in [0.25, 0.3) is 0 Å². The summed E-state index contributed by atoms with van der Waals surface area (Å²) in [4.78, 5) is 14.9. The van der Waals surface area contributed by atoms with Gasteiger partial charge in [0.15, 0.2) is 17.8 Å². The lowest BCUT2D eigenvalue weighted by Gasteiger charge is -2.17. The van der Waals surface area contributed by atoms with Gasteiger partial charge in [-0.15, -0.1) is 0 Å². The number of nitrogens with two attached hydrogens (primary N) is 1. The fourth-order valence-electron chi connectivity index (χ4n) is 1.76. The first-order valence-electron chi connectivity index (χ1n) is 5.15. The average Bonchev–Trinajstić information content (AvgIpc) is 2.61. The number of nitrogen functional groups attached to an aromatic ring is 1. The molecule has 100 valence electrons. The minimum atomic E-state index is -1.43. The van der Waals surface area contributed by atoms with E-state index in [2.05, 4.69) is 4.98 Å². The lowest BCUT2D eigenvalue weighted by molar-refractivity contribution is -0.0551. The first kappa shape index (κ1) is 12.8. The van der Waals surface area contributed by atoms with Crippen molar-refractivity contribution in [3.05, 3.63) is 16.7 Å². The van der Waals surface area contributed by atoms with E-state index in [1.54, 1.807) is 0 Å². The van der Waals surface area contributed by atoms with Crippen LogP contribution >= 0.6 is 0 Å². The number of aliphatic hydroxyl groups excluding tert-OH is 3. The molecule has 2 rings (SSSR count). The van der Waals surface area contributed by atoms with Crippen molar-refractivity contribution >= 4 is 5.82 Å². The van der Waals surface area contributed by atoms with Gasteiger partial charge in [-0.2, -0.15) is 4.98 Å². The molecule has 1 saturated heterocycles. The van der Waals surface area contributed by atoms with Gasteiger partial charge in [0.25, 0.3) is 0 Å². The molecule has 0 radical (unpaired) electrons. The first-order chi connectivity index (χ1) is 8.45. The van der Waals surface area contributed by atoms with Gasteiger partial charge < -0.3 is 30.9 Å². The van der Waals surface area contributed by atoms with E-state index in [1.807, 2.05) is 0 Å². The maximum Gasteiger partial charge on any atom is 0.351 e. The van der Waals surface area contributed by atoms with E-state index in [1.165, 1.54) is 0 Å². The fraction of sp³-hybridized carbons (Fsp3) is 0.556. The van der Waals surface area contributed by atoms with E-state index < -0.39 is 42.6 Å². The molecule has 1 aliphatic rings. The van der Waals surface area contributed by atoms with Crippen LogP contribution in [0.1, 0.15) is 6.23 Å². The summed E-state index contributed by atoms with van der Waals surface area (Å²) in [6.45, 7) is -0.516. The fourth-order valence-corrected chi connectivity index (χ4v) is 1.76. The number of ether oxygens (including phenoxy) is 1. The number of aromatic hydroxyl groups is 1. The zero-order valence-corrected chi connectivity index (χ0v) is 9.17. The summed E-state index contributed by atoms with van der Waals surface area (Å²) in [5, 5.41) is 37.5. The molecule has 0 spiro atoms. The van der Waals surface area contributed by atoms with E-state index in [9.17, 15) is 20.1 Å². The van der Waals surface area contributed by atoms with Crippen molar-refractivity contribution in [2.75, 3.05) is 12.3 Å². The molecule has 1 unspecified atom stereocenters. The van der Waals surface area contributed by atoms with Crippen molar-refractivity contribution in [2.24, 2.45) is 0 Å². The predicted octanol–water partition coefficient (Wildman–Crippen LogP) is -2.86. The summed E-state index contributed by atoms with van der Waals surface area (Å²) < 4.78 is 5.92. The quantitative estimate of drug-likeness (QED) is 0.380. The van der Waals surface area contributed by atoms with E-state index in [-0.39, 0.29) is 5.82 Å². The molecule has 0 bridgehead atoms. The van der Waals surface area contributed by atoms with Crippen LogP contribution in [0.4, 0.5) is 5.82 Å². The van der Waals surface area contributed by atoms with Crippen molar-refractivity contribution < 1.29 is 25.2 Å². The van der Waals surface area contributed by atoms with Crippen LogP contribution in [0.2, 0.25) is 0 Å². The Morgan fingerprint density at radius 2 is 2.11 bits per heavy atom. The number of aromatic nitrogens is 2. The molecule has 2 heterocycles. The van der Waals surface area contributed by atoms with Crippen LogP contribution in [0.5, 0.6) is 5.75 Å². The minimum absolute atomic E-state index is 0.344. The van der Waals surface area contributed by atoms with Crippen molar-refractivity contribution in [1.82, 2.24) is 9.55 Å². The maximum atomic E-state index is 11.6. The van der Waals surface area contributed by atoms with Crippen molar-refractivity contribution in [3.63, 3.8) is 0 Å². The van der Waals surface area contributed by atoms with E-state index in [4.69, 9.17) is 15.6 Å². The Morgan fingerprint density at radius 1 is 1.44 bits per heavy atom. The predicted molar refractivity (Wildman–Crippen MR) is 57.6 cm³/mol. The molecule has 0 amide bonds. The van der Waals surface area contributed by atoms with Gasteiger partial charge in [-0.25, -0.2) is 4.79 Å². The largest absolute Gasteiger partial charge is 0.503 e. The minimum Gasteiger partial charge on any atom is -0.503 e. The molecule has 1 aliphatic heterocycles. The Morgan fingerprint density at radius 3 is 2.67 bits per heavy atom. The highest BCUT2D eigenvalue weighted by Gasteiger charge is 2.43. The third-order valence-electron chi connectivity index (χ3n) is 2.75. The van der Waals surface area contributed by atoms with E-state index in [0.29, 0.717) is 0 Å². The van der Waals surface area contributed by atoms with Crippen LogP contribution < -0.4 is 11.4 Å². The second kappa shape index (κ2) is 4.53. The monoisotopic (exact) mass is 259 g/mol. The zero-order valence-electron chi connectivity index (χ0n) is 9.17. The third kappa shape index (κ3) is 1.93. The molecule has 1 aromatic heterocycles. The van der Waals surface area contributed by atoms with Crippen molar-refractivity contribution in [3.8, 4) is 5.75 Å². The van der Waals surface area contributed by atoms with Gasteiger partial charge in [-0.05, 0) is 0 Å². The van der Waals surface area contributed by atoms with Gasteiger partial charge in [0.1, 0.15) is 18.3 Å². The number of nitrogens with zero attached hydrogens (tertiary/aromatic N) is 2. The van der Waals surface area contributed by atoms with Gasteiger partial charge in [0.05, 0.1) is 12.8 Å². The number of rotatable bonds is 2. The lowest BCUT2D eigenvalue weighted by atomic mass is 10.1. The molecule has 0 saturated carbocycles. The SMILES string of the molecule is Nc1nc(=O)n(C2O[C@H](CO)[C@@H](O)[C@H]2O)cc1O. The smallest absolute Gasteiger partial charge is 0.351 e. The lowest BCUT2D eigenvalue weighted by Crippen LogP contribution is -2.36. The molecule has 9 nitrogen and oxygen atoms in total. The summed E-state index contributed by atoms with van der Waals surface area (Å²) in [5.41, 5.74) is 4.39. The van der Waals surface area contributed by atoms with Crippen molar-refractivity contribution in [2.45, 2.75) is 24.5 Å². The van der Waals surface area contributed by atoms with Gasteiger partial charge >= 0.3 is 5.69 Å². The summed E-state index contributed by atoms with van der Waals surface area (Å²) in [6.07, 6.45) is -4.08. The molecule has 0 aromatic carbocycles. The highest BCUT2D eigenvalue weighted by molar-refractivity contribution is 5.41. The number of hydrogen-bond donors (Lipinski definition) is 5. The molecular formula is C9H13N3O6. The summed E-state index contributed by atoms with van der Waals surface area (Å²) in [7, 11) is 0. The van der Waals surface area contributed by atoms with Gasteiger partial charge in [0, 0.05) is 0 Å². The number of anilines is 1. The normalized spacial score (nSPS) is 31.7. The second-order valence-corrected chi connectivity index (χ2v) is 3.93. The first-order valence-corrected chi connectivity index (χ1v) is 5.15. The van der Waals surface area contributed by atoms with Crippen LogP contribution in [0, 0.1) is 0 Å². The van der Waals surface area contributed by atoms with Gasteiger partial charge in [-0.1, -0.05) is 0 Å². The molecular weight excluding hydrogens is 246 g/mol. The van der Waals surface area contributed by atoms with Crippen LogP contribution in [0.15, 0.2) is 11.0 Å². The van der Waals surface area contributed by atoms with Gasteiger partial charge in [-0.3, -0.25) is 4.57 Å². The molecule has 1 fully saturated rings. The average molecular weight is 259 g/mol. The molecule has 6 N–H and O–H groups in total. The second-order valence-electron chi connectivity index (χ2n) is 3.93. The Labute approximate surface area is 101 Å². The summed E-state index contributed by atoms with van der Waals surface area (Å²) in [6, 6.07) is 0. The summed E-state index contributed by atoms with van der Waals surface area (Å²) >= 11 is 0. The Kier molecular flexibility index (Phi) is 3.22. The number of aliphatic hydroxyl groups is 3. The zero-order chi connectivity index (χ0) is 13.4. The Balaban J connectivity index is 2.39. The van der Waals surface area contributed by atoms with Crippen LogP contribution in [-0.2, 0) is 4.74 Å². The Bertz CT molecular complexity index is 504. The van der Waals surface area contributed by atoms with Crippen molar-refractivity contribution in [1.29, 1.82) is 0 Å². The van der Waals surface area contributed by atoms with E-state index >= 15 is 0 Å². The van der Waals surface area contributed by atoms with Crippen LogP contribution in [0.3, 0.4) is 0 Å². The summed E-state index contributed by atoms with van der Waals surface area (Å²) in [5.74, 6) is -0.796. The Hall–Kier alpha value is -1.68. The molecule has 1 aromatic rings.